The predicted molar refractivity (Wildman–Crippen MR) is 57.7 cm³/mol. The monoisotopic (exact) mass is 240 g/mol. The topological polar surface area (TPSA) is 65.3 Å². The molecular weight excluding hydrogens is 235 g/mol. The zero-order valence-corrected chi connectivity index (χ0v) is 8.61. The summed E-state index contributed by atoms with van der Waals surface area (Å²) in [6, 6.07) is 5.69. The van der Waals surface area contributed by atoms with Crippen LogP contribution in [0.15, 0.2) is 30.5 Å². The molecule has 2 aromatic rings. The highest BCUT2D eigenvalue weighted by Gasteiger charge is 2.15. The number of hydrogen-bond donors (Lipinski definition) is 0. The van der Waals surface area contributed by atoms with E-state index in [0.717, 1.165) is 0 Å². The summed E-state index contributed by atoms with van der Waals surface area (Å²) >= 11 is -0.326. The number of rotatable bonds is 3. The highest BCUT2D eigenvalue weighted by Crippen LogP contribution is 2.32. The molecule has 1 aromatic heterocycles. The molecule has 1 aromatic carbocycles. The quantitative estimate of drug-likeness (QED) is 0.468. The van der Waals surface area contributed by atoms with Crippen molar-refractivity contribution in [1.82, 2.24) is 4.98 Å². The Balaban J connectivity index is 2.71. The molecule has 2 rings (SSSR count). The maximum atomic E-state index is 12.0. The Bertz CT molecular complexity index is 549. The van der Waals surface area contributed by atoms with Gasteiger partial charge in [0.2, 0.25) is 0 Å². The summed E-state index contributed by atoms with van der Waals surface area (Å²) in [5.74, 6) is 0.161. The molecular formula is C9H5FN2O3S. The first-order chi connectivity index (χ1) is 7.74. The van der Waals surface area contributed by atoms with Crippen molar-refractivity contribution in [3.63, 3.8) is 0 Å². The van der Waals surface area contributed by atoms with Gasteiger partial charge in [0.15, 0.2) is 5.75 Å². The van der Waals surface area contributed by atoms with Gasteiger partial charge in [-0.1, -0.05) is 0 Å². The van der Waals surface area contributed by atoms with Crippen LogP contribution in [0.4, 0.5) is 9.57 Å². The van der Waals surface area contributed by atoms with Gasteiger partial charge in [0.25, 0.3) is 18.1 Å². The third kappa shape index (κ3) is 1.76. The molecule has 5 nitrogen and oxygen atoms in total. The number of nitro benzene ring substituents is 1. The van der Waals surface area contributed by atoms with E-state index in [-0.39, 0.29) is 29.4 Å². The Labute approximate surface area is 93.9 Å². The van der Waals surface area contributed by atoms with Crippen molar-refractivity contribution in [3.8, 4) is 5.75 Å². The van der Waals surface area contributed by atoms with Gasteiger partial charge in [-0.3, -0.25) is 15.1 Å². The number of pyridine rings is 1. The summed E-state index contributed by atoms with van der Waals surface area (Å²) in [4.78, 5) is 14.2. The number of halogens is 1. The fraction of sp³-hybridized carbons (Fsp3) is 0. The first-order valence-electron chi connectivity index (χ1n) is 4.21. The lowest BCUT2D eigenvalue weighted by Gasteiger charge is -2.03. The molecule has 0 bridgehead atoms. The first kappa shape index (κ1) is 10.6. The van der Waals surface area contributed by atoms with Gasteiger partial charge >= 0.3 is 0 Å². The Kier molecular flexibility index (Phi) is 2.86. The summed E-state index contributed by atoms with van der Waals surface area (Å²) < 4.78 is 16.6. The summed E-state index contributed by atoms with van der Waals surface area (Å²) in [5, 5.41) is 11.1. The zero-order valence-electron chi connectivity index (χ0n) is 7.79. The van der Waals surface area contributed by atoms with Gasteiger partial charge in [0.05, 0.1) is 10.3 Å². The maximum Gasteiger partial charge on any atom is 0.279 e. The van der Waals surface area contributed by atoms with Crippen molar-refractivity contribution in [1.29, 1.82) is 0 Å². The molecule has 0 N–H and O–H groups in total. The molecule has 0 aliphatic carbocycles. The summed E-state index contributed by atoms with van der Waals surface area (Å²) in [7, 11) is 0. The Morgan fingerprint density at radius 1 is 1.44 bits per heavy atom. The summed E-state index contributed by atoms with van der Waals surface area (Å²) in [6.45, 7) is 0. The lowest BCUT2D eigenvalue weighted by Crippen LogP contribution is -1.92. The van der Waals surface area contributed by atoms with Crippen LogP contribution >= 0.6 is 12.4 Å². The number of non-ortho nitro benzene ring substituents is 1. The second-order valence-corrected chi connectivity index (χ2v) is 3.18. The van der Waals surface area contributed by atoms with Gasteiger partial charge in [-0.2, -0.15) is 0 Å². The predicted octanol–water partition coefficient (Wildman–Crippen LogP) is 3.05. The highest BCUT2D eigenvalue weighted by molar-refractivity contribution is 7.89. The summed E-state index contributed by atoms with van der Waals surface area (Å²) in [6.07, 6.45) is 1.46. The molecule has 82 valence electrons. The van der Waals surface area contributed by atoms with Crippen LogP contribution in [-0.4, -0.2) is 9.91 Å². The molecule has 0 unspecified atom stereocenters. The smallest absolute Gasteiger partial charge is 0.279 e. The van der Waals surface area contributed by atoms with E-state index in [1.807, 2.05) is 0 Å². The van der Waals surface area contributed by atoms with Crippen molar-refractivity contribution >= 4 is 29.0 Å². The molecule has 0 spiro atoms. The minimum absolute atomic E-state index is 0.0840. The zero-order chi connectivity index (χ0) is 11.5. The third-order valence-corrected chi connectivity index (χ3v) is 2.27. The van der Waals surface area contributed by atoms with Crippen LogP contribution in [0.25, 0.3) is 10.9 Å². The minimum Gasteiger partial charge on any atom is -0.395 e. The third-order valence-electron chi connectivity index (χ3n) is 2.03. The molecule has 0 saturated heterocycles. The fourth-order valence-corrected chi connectivity index (χ4v) is 1.59. The molecule has 0 saturated carbocycles. The van der Waals surface area contributed by atoms with Gasteiger partial charge in [0.1, 0.15) is 5.52 Å². The number of aromatic nitrogens is 1. The largest absolute Gasteiger partial charge is 0.395 e. The van der Waals surface area contributed by atoms with Crippen LogP contribution in [0.3, 0.4) is 0 Å². The Morgan fingerprint density at radius 2 is 2.25 bits per heavy atom. The van der Waals surface area contributed by atoms with Crippen molar-refractivity contribution < 1.29 is 13.0 Å². The SMILES string of the molecule is O=[N+]([O-])c1ccc(OSF)c2ncccc12. The van der Waals surface area contributed by atoms with Crippen molar-refractivity contribution in [3.05, 3.63) is 40.6 Å². The molecule has 0 atom stereocenters. The van der Waals surface area contributed by atoms with E-state index >= 15 is 0 Å². The molecule has 1 heterocycles. The van der Waals surface area contributed by atoms with Crippen LogP contribution in [0.5, 0.6) is 5.75 Å². The number of nitrogens with zero attached hydrogens (tertiary/aromatic N) is 2. The Morgan fingerprint density at radius 3 is 2.94 bits per heavy atom. The first-order valence-corrected chi connectivity index (χ1v) is 4.85. The van der Waals surface area contributed by atoms with Gasteiger partial charge in [0, 0.05) is 12.3 Å². The standard InChI is InChI=1S/C9H5FN2O3S/c10-16-15-8-4-3-7(12(13)14)6-2-1-5-11-9(6)8/h1-5H. The average molecular weight is 240 g/mol. The average Bonchev–Trinajstić information content (AvgIpc) is 2.29. The fourth-order valence-electron chi connectivity index (χ4n) is 1.39. The van der Waals surface area contributed by atoms with Gasteiger partial charge < -0.3 is 4.18 Å². The summed E-state index contributed by atoms with van der Waals surface area (Å²) in [5.41, 5.74) is 0.182. The maximum absolute atomic E-state index is 12.0. The minimum atomic E-state index is -0.517. The van der Waals surface area contributed by atoms with Crippen molar-refractivity contribution in [2.24, 2.45) is 0 Å². The molecule has 0 amide bonds. The van der Waals surface area contributed by atoms with Crippen molar-refractivity contribution in [2.75, 3.05) is 0 Å². The molecule has 0 radical (unpaired) electrons. The highest BCUT2D eigenvalue weighted by atomic mass is 32.2. The van der Waals surface area contributed by atoms with Crippen LogP contribution in [0.1, 0.15) is 0 Å². The number of hydrogen-bond acceptors (Lipinski definition) is 5. The van der Waals surface area contributed by atoms with Crippen LogP contribution in [-0.2, 0) is 0 Å². The molecule has 0 aliphatic rings. The van der Waals surface area contributed by atoms with E-state index in [1.54, 1.807) is 6.07 Å². The van der Waals surface area contributed by atoms with E-state index < -0.39 is 4.92 Å². The van der Waals surface area contributed by atoms with Crippen LogP contribution in [0.2, 0.25) is 0 Å². The van der Waals surface area contributed by atoms with E-state index in [0.29, 0.717) is 5.39 Å². The lowest BCUT2D eigenvalue weighted by atomic mass is 10.2. The van der Waals surface area contributed by atoms with Gasteiger partial charge in [-0.05, 0) is 18.2 Å². The number of nitro groups is 1. The Hall–Kier alpha value is -1.89. The van der Waals surface area contributed by atoms with Crippen LogP contribution < -0.4 is 4.18 Å². The normalized spacial score (nSPS) is 10.3. The van der Waals surface area contributed by atoms with Gasteiger partial charge in [-0.15, -0.1) is 3.89 Å². The van der Waals surface area contributed by atoms with Crippen LogP contribution in [0, 0.1) is 10.1 Å². The van der Waals surface area contributed by atoms with E-state index in [4.69, 9.17) is 0 Å². The van der Waals surface area contributed by atoms with E-state index in [2.05, 4.69) is 9.17 Å². The number of benzene rings is 1. The van der Waals surface area contributed by atoms with E-state index in [9.17, 15) is 14.0 Å². The van der Waals surface area contributed by atoms with Crippen molar-refractivity contribution in [2.45, 2.75) is 0 Å². The van der Waals surface area contributed by atoms with E-state index in [1.165, 1.54) is 24.4 Å². The lowest BCUT2D eigenvalue weighted by molar-refractivity contribution is -0.383. The second kappa shape index (κ2) is 4.31. The molecule has 0 fully saturated rings. The number of fused-ring (bicyclic) bond motifs is 1. The second-order valence-electron chi connectivity index (χ2n) is 2.89. The molecule has 7 heteroatoms. The molecule has 0 aliphatic heterocycles. The molecule has 16 heavy (non-hydrogen) atoms. The van der Waals surface area contributed by atoms with Gasteiger partial charge in [-0.25, -0.2) is 0 Å².